The molecule has 0 saturated heterocycles. The van der Waals surface area contributed by atoms with E-state index in [0.29, 0.717) is 11.8 Å². The van der Waals surface area contributed by atoms with Crippen LogP contribution in [0.2, 0.25) is 0 Å². The molecule has 2 nitrogen and oxygen atoms in total. The van der Waals surface area contributed by atoms with Crippen molar-refractivity contribution >= 4 is 84.0 Å². The van der Waals surface area contributed by atoms with Crippen molar-refractivity contribution in [1.29, 1.82) is 0 Å². The van der Waals surface area contributed by atoms with Crippen LogP contribution in [-0.4, -0.2) is 22.4 Å². The fraction of sp³-hybridized carbons (Fsp3) is 0.125. The molecule has 0 amide bonds. The highest BCUT2D eigenvalue weighted by Gasteiger charge is 2.11. The van der Waals surface area contributed by atoms with Crippen molar-refractivity contribution in [3.05, 3.63) is 28.4 Å². The van der Waals surface area contributed by atoms with Crippen LogP contribution in [0.1, 0.15) is 10.4 Å². The number of rotatable bonds is 2. The molecule has 0 aliphatic rings. The monoisotopic (exact) mass is 544 g/mol. The van der Waals surface area contributed by atoms with E-state index in [1.54, 1.807) is 0 Å². The molecule has 0 unspecified atom stereocenters. The number of benzene rings is 1. The third-order valence-corrected chi connectivity index (χ3v) is 6.71. The van der Waals surface area contributed by atoms with Crippen LogP contribution >= 0.6 is 67.8 Å². The molecular weight excluding hydrogens is 537 g/mol. The first-order valence-corrected chi connectivity index (χ1v) is 8.53. The van der Waals surface area contributed by atoms with Crippen molar-refractivity contribution < 1.29 is 9.53 Å². The molecule has 0 N–H and O–H groups in total. The minimum atomic E-state index is -0.216. The second-order valence-corrected chi connectivity index (χ2v) is 6.45. The third-order valence-electron chi connectivity index (χ3n) is 1.49. The molecule has 1 rings (SSSR count). The average Bonchev–Trinajstić information content (AvgIpc) is 2.13. The first kappa shape index (κ1) is 13.2. The van der Waals surface area contributed by atoms with Crippen LogP contribution < -0.4 is 0 Å². The maximum Gasteiger partial charge on any atom is 0.337 e. The number of ether oxygens (including phenoxy) is 1. The van der Waals surface area contributed by atoms with Gasteiger partial charge in [-0.1, -0.05) is 0 Å². The molecule has 1 aromatic carbocycles. The summed E-state index contributed by atoms with van der Waals surface area (Å²) in [4.78, 5) is 11.5. The quantitative estimate of drug-likeness (QED) is 0.247. The van der Waals surface area contributed by atoms with Crippen LogP contribution in [0.15, 0.2) is 12.1 Å². The molecule has 0 aromatic heterocycles. The summed E-state index contributed by atoms with van der Waals surface area (Å²) in [6.07, 6.45) is 0.554. The first-order chi connectivity index (χ1) is 6.56. The summed E-state index contributed by atoms with van der Waals surface area (Å²) in [5.74, 6) is -0.216. The molecule has 0 radical (unpaired) electrons. The van der Waals surface area contributed by atoms with Gasteiger partial charge in [0.15, 0.2) is 0 Å². The maximum absolute atomic E-state index is 11.5. The summed E-state index contributed by atoms with van der Waals surface area (Å²) < 4.78 is 8.36. The Balaban J connectivity index is 3.06. The first-order valence-electron chi connectivity index (χ1n) is 3.88. The Morgan fingerprint density at radius 3 is 2.21 bits per heavy atom. The summed E-state index contributed by atoms with van der Waals surface area (Å²) in [5, 5.41) is 0. The topological polar surface area (TPSA) is 26.3 Å². The van der Waals surface area contributed by atoms with Gasteiger partial charge in [0.25, 0.3) is 0 Å². The molecule has 76 valence electrons. The van der Waals surface area contributed by atoms with E-state index in [-0.39, 0.29) is 5.97 Å². The van der Waals surface area contributed by atoms with Gasteiger partial charge in [-0.3, -0.25) is 0 Å². The van der Waals surface area contributed by atoms with Crippen molar-refractivity contribution in [1.82, 2.24) is 0 Å². The fourth-order valence-electron chi connectivity index (χ4n) is 0.888. The van der Waals surface area contributed by atoms with Crippen LogP contribution in [0.25, 0.3) is 0 Å². The van der Waals surface area contributed by atoms with E-state index in [2.05, 4.69) is 67.8 Å². The Labute approximate surface area is 126 Å². The van der Waals surface area contributed by atoms with E-state index in [9.17, 15) is 4.79 Å². The van der Waals surface area contributed by atoms with Crippen molar-refractivity contribution in [2.45, 2.75) is 0 Å². The van der Waals surface area contributed by atoms with Gasteiger partial charge in [0.05, 0.1) is 22.0 Å². The number of carbonyl (C=O) groups is 1. The third kappa shape index (κ3) is 3.30. The van der Waals surface area contributed by atoms with Crippen LogP contribution in [0.5, 0.6) is 0 Å². The Hall–Kier alpha value is 1.10. The smallest absolute Gasteiger partial charge is 0.337 e. The minimum Gasteiger partial charge on any atom is -0.467 e. The number of halogens is 3. The van der Waals surface area contributed by atoms with Gasteiger partial charge < -0.3 is 4.74 Å². The van der Waals surface area contributed by atoms with Crippen LogP contribution in [0, 0.1) is 10.7 Å². The van der Waals surface area contributed by atoms with Crippen LogP contribution in [0.3, 0.4) is 0 Å². The Morgan fingerprint density at radius 2 is 1.79 bits per heavy atom. The summed E-state index contributed by atoms with van der Waals surface area (Å²) in [5.41, 5.74) is 0.648. The van der Waals surface area contributed by atoms with Gasteiger partial charge in [-0.15, -0.1) is 0 Å². The largest absolute Gasteiger partial charge is 0.467 e. The van der Waals surface area contributed by atoms with E-state index in [1.807, 2.05) is 12.1 Å². The predicted octanol–water partition coefficient (Wildman–Crippen LogP) is 1.98. The van der Waals surface area contributed by atoms with Crippen molar-refractivity contribution in [3.63, 3.8) is 0 Å². The molecule has 0 spiro atoms. The van der Waals surface area contributed by atoms with Gasteiger partial charge in [0.2, 0.25) is 0 Å². The number of carbonyl (C=O) groups excluding carboxylic acids is 1. The van der Waals surface area contributed by atoms with Crippen LogP contribution in [0.4, 0.5) is 0 Å². The predicted molar refractivity (Wildman–Crippen MR) is 84.8 cm³/mol. The van der Waals surface area contributed by atoms with Gasteiger partial charge in [-0.2, -0.15) is 0 Å². The van der Waals surface area contributed by atoms with E-state index in [0.717, 1.165) is 17.4 Å². The van der Waals surface area contributed by atoms with Crippen molar-refractivity contribution in [3.8, 4) is 0 Å². The van der Waals surface area contributed by atoms with E-state index >= 15 is 0 Å². The summed E-state index contributed by atoms with van der Waals surface area (Å²) in [7, 11) is 0.884. The molecule has 0 fully saturated rings. The average molecular weight is 544 g/mol. The highest BCUT2D eigenvalue weighted by Crippen LogP contribution is 2.23. The lowest BCUT2D eigenvalue weighted by Gasteiger charge is -2.05. The fourth-order valence-corrected chi connectivity index (χ4v) is 3.23. The molecule has 0 saturated carbocycles. The number of hydrogen-bond donors (Lipinski definition) is 0. The number of esters is 1. The lowest BCUT2D eigenvalue weighted by Crippen LogP contribution is -2.07. The van der Waals surface area contributed by atoms with Crippen molar-refractivity contribution in [2.24, 2.45) is 0 Å². The van der Waals surface area contributed by atoms with Gasteiger partial charge in [0, 0.05) is 10.7 Å². The molecule has 0 aliphatic heterocycles. The molecular formula is C8H7I3O2Si. The normalized spacial score (nSPS) is 10.2. The standard InChI is InChI=1S/C8H7I3O2Si/c9-5-1-4(8(12)13-3-14)2-6(10)7(5)11/h1-2H,3H2,14H3. The molecule has 0 heterocycles. The van der Waals surface area contributed by atoms with E-state index in [4.69, 9.17) is 4.74 Å². The lowest BCUT2D eigenvalue weighted by atomic mass is 10.2. The lowest BCUT2D eigenvalue weighted by molar-refractivity contribution is 0.0573. The zero-order chi connectivity index (χ0) is 10.7. The van der Waals surface area contributed by atoms with Gasteiger partial charge in [-0.25, -0.2) is 4.79 Å². The van der Waals surface area contributed by atoms with Gasteiger partial charge >= 0.3 is 5.97 Å². The Morgan fingerprint density at radius 1 is 1.29 bits per heavy atom. The minimum absolute atomic E-state index is 0.216. The molecule has 14 heavy (non-hydrogen) atoms. The number of hydrogen-bond acceptors (Lipinski definition) is 2. The van der Waals surface area contributed by atoms with Gasteiger partial charge in [-0.05, 0) is 79.9 Å². The maximum atomic E-state index is 11.5. The Bertz CT molecular complexity index is 345. The molecule has 1 aromatic rings. The second-order valence-electron chi connectivity index (χ2n) is 2.47. The molecule has 6 heteroatoms. The zero-order valence-corrected chi connectivity index (χ0v) is 15.8. The second kappa shape index (κ2) is 5.99. The highest BCUT2D eigenvalue weighted by molar-refractivity contribution is 14.1. The SMILES string of the molecule is O=C(OC[SiH3])c1cc(I)c(I)c(I)c1. The van der Waals surface area contributed by atoms with E-state index < -0.39 is 0 Å². The van der Waals surface area contributed by atoms with Crippen LogP contribution in [-0.2, 0) is 4.74 Å². The van der Waals surface area contributed by atoms with E-state index in [1.165, 1.54) is 3.57 Å². The molecule has 0 bridgehead atoms. The summed E-state index contributed by atoms with van der Waals surface area (Å²) in [6.45, 7) is 0. The molecule has 0 aliphatic carbocycles. The van der Waals surface area contributed by atoms with Gasteiger partial charge in [0.1, 0.15) is 0 Å². The van der Waals surface area contributed by atoms with Crippen molar-refractivity contribution in [2.75, 3.05) is 6.23 Å². The summed E-state index contributed by atoms with van der Waals surface area (Å²) >= 11 is 6.72. The zero-order valence-electron chi connectivity index (χ0n) is 7.31. The highest BCUT2D eigenvalue weighted by atomic mass is 127. The Kier molecular flexibility index (Phi) is 5.63. The molecule has 0 atom stereocenters. The summed E-state index contributed by atoms with van der Waals surface area (Å²) in [6, 6.07) is 3.73.